The van der Waals surface area contributed by atoms with Crippen molar-refractivity contribution in [3.8, 4) is 11.5 Å². The summed E-state index contributed by atoms with van der Waals surface area (Å²) in [6.07, 6.45) is 2.39. The number of phenolic OH excluding ortho intramolecular Hbond substituents is 1. The van der Waals surface area contributed by atoms with Gasteiger partial charge in [-0.3, -0.25) is 24.1 Å². The van der Waals surface area contributed by atoms with E-state index in [0.717, 1.165) is 10.0 Å². The second-order valence-electron chi connectivity index (χ2n) is 13.2. The second kappa shape index (κ2) is 12.2. The molecule has 8 rings (SSSR count). The number of nitrogens with zero attached hydrogens (tertiary/aromatic N) is 2. The van der Waals surface area contributed by atoms with Gasteiger partial charge in [-0.05, 0) is 79.8 Å². The first kappa shape index (κ1) is 32.5. The fraction of sp³-hybridized carbons (Fsp3) is 0.250. The highest BCUT2D eigenvalue weighted by molar-refractivity contribution is 9.10. The van der Waals surface area contributed by atoms with E-state index in [-0.39, 0.29) is 36.2 Å². The maximum absolute atomic E-state index is 15.4. The van der Waals surface area contributed by atoms with Crippen LogP contribution in [-0.2, 0) is 24.6 Å². The zero-order valence-corrected chi connectivity index (χ0v) is 29.3. The zero-order valence-electron chi connectivity index (χ0n) is 27.0. The van der Waals surface area contributed by atoms with Crippen LogP contribution in [0, 0.1) is 23.7 Å². The number of allylic oxidation sites excluding steroid dienone is 2. The SMILES string of the molecule is CCOc1cccc(C2C3=CCC4C(=O)N(c5ccc(Br)cc5)C(=O)C4C3CC3C(=O)N(c4cccc(Cl)c4)C(=O)C32c2ccccc2)c1O. The number of hydrogen-bond acceptors (Lipinski definition) is 6. The molecule has 4 aliphatic rings. The number of amides is 4. The van der Waals surface area contributed by atoms with Gasteiger partial charge in [-0.2, -0.15) is 0 Å². The summed E-state index contributed by atoms with van der Waals surface area (Å²) in [5.41, 5.74) is 1.09. The lowest BCUT2D eigenvalue weighted by Crippen LogP contribution is -2.53. The molecule has 6 unspecified atom stereocenters. The molecular weight excluding hydrogens is 720 g/mol. The highest BCUT2D eigenvalue weighted by Crippen LogP contribution is 2.65. The average molecular weight is 752 g/mol. The van der Waals surface area contributed by atoms with Crippen molar-refractivity contribution < 1.29 is 29.0 Å². The Hall–Kier alpha value is -4.73. The number of aromatic hydroxyl groups is 1. The first-order chi connectivity index (χ1) is 24.2. The Morgan fingerprint density at radius 3 is 2.30 bits per heavy atom. The molecule has 252 valence electrons. The molecule has 8 nitrogen and oxygen atoms in total. The van der Waals surface area contributed by atoms with Crippen molar-refractivity contribution in [2.75, 3.05) is 16.4 Å². The minimum atomic E-state index is -1.50. The Labute approximate surface area is 302 Å². The summed E-state index contributed by atoms with van der Waals surface area (Å²) < 4.78 is 6.64. The number of phenols is 1. The number of rotatable bonds is 6. The smallest absolute Gasteiger partial charge is 0.246 e. The van der Waals surface area contributed by atoms with Gasteiger partial charge in [0.15, 0.2) is 11.5 Å². The van der Waals surface area contributed by atoms with Crippen molar-refractivity contribution in [1.29, 1.82) is 0 Å². The van der Waals surface area contributed by atoms with E-state index in [9.17, 15) is 19.5 Å². The average Bonchev–Trinajstić information content (AvgIpc) is 3.51. The standard InChI is InChI=1S/C40H32BrClN2O6/c1-2-50-32-13-7-12-29(35(32)45)34-27-18-19-28-33(38(48)43(36(28)46)25-16-14-23(41)15-17-25)30(27)21-31-37(47)44(26-11-6-10-24(42)20-26)39(49)40(31,34)22-8-4-3-5-9-22/h3-18,20,28,30-31,33-34,45H,2,19,21H2,1H3. The zero-order chi connectivity index (χ0) is 34.9. The third-order valence-corrected chi connectivity index (χ3v) is 11.7. The maximum Gasteiger partial charge on any atom is 0.246 e. The lowest BCUT2D eigenvalue weighted by atomic mass is 9.49. The van der Waals surface area contributed by atoms with Crippen molar-refractivity contribution in [2.24, 2.45) is 23.7 Å². The lowest BCUT2D eigenvalue weighted by molar-refractivity contribution is -0.127. The van der Waals surface area contributed by atoms with Gasteiger partial charge in [0.2, 0.25) is 23.6 Å². The summed E-state index contributed by atoms with van der Waals surface area (Å²) in [5, 5.41) is 12.3. The van der Waals surface area contributed by atoms with Crippen LogP contribution in [0.15, 0.2) is 113 Å². The van der Waals surface area contributed by atoms with Gasteiger partial charge in [0.05, 0.1) is 41.2 Å². The number of carbonyl (C=O) groups excluding carboxylic acids is 4. The Morgan fingerprint density at radius 2 is 1.58 bits per heavy atom. The van der Waals surface area contributed by atoms with Gasteiger partial charge in [-0.15, -0.1) is 0 Å². The number of carbonyl (C=O) groups is 4. The molecular formula is C40H32BrClN2O6. The van der Waals surface area contributed by atoms with Crippen LogP contribution in [-0.4, -0.2) is 35.3 Å². The van der Waals surface area contributed by atoms with Gasteiger partial charge >= 0.3 is 0 Å². The van der Waals surface area contributed by atoms with E-state index >= 15 is 4.79 Å². The van der Waals surface area contributed by atoms with Crippen LogP contribution in [0.1, 0.15) is 36.8 Å². The number of anilines is 2. The van der Waals surface area contributed by atoms with E-state index in [1.807, 2.05) is 43.3 Å². The topological polar surface area (TPSA) is 104 Å². The molecule has 6 atom stereocenters. The quantitative estimate of drug-likeness (QED) is 0.161. The Balaban J connectivity index is 1.37. The van der Waals surface area contributed by atoms with Gasteiger partial charge in [0.1, 0.15) is 0 Å². The molecule has 10 heteroatoms. The highest BCUT2D eigenvalue weighted by atomic mass is 79.9. The van der Waals surface area contributed by atoms with Crippen LogP contribution in [0.3, 0.4) is 0 Å². The third kappa shape index (κ3) is 4.63. The summed E-state index contributed by atoms with van der Waals surface area (Å²) in [6, 6.07) is 28.1. The van der Waals surface area contributed by atoms with Crippen LogP contribution < -0.4 is 14.5 Å². The van der Waals surface area contributed by atoms with E-state index in [0.29, 0.717) is 34.1 Å². The molecule has 4 aromatic carbocycles. The van der Waals surface area contributed by atoms with E-state index in [1.54, 1.807) is 66.7 Å². The number of para-hydroxylation sites is 1. The summed E-state index contributed by atoms with van der Waals surface area (Å²) >= 11 is 9.83. The van der Waals surface area contributed by atoms with E-state index in [2.05, 4.69) is 15.9 Å². The molecule has 0 radical (unpaired) electrons. The number of fused-ring (bicyclic) bond motifs is 4. The van der Waals surface area contributed by atoms with Crippen LogP contribution in [0.2, 0.25) is 5.02 Å². The molecule has 4 aromatic rings. The Bertz CT molecular complexity index is 2100. The molecule has 0 aromatic heterocycles. The summed E-state index contributed by atoms with van der Waals surface area (Å²) in [6.45, 7) is 2.11. The molecule has 2 aliphatic carbocycles. The van der Waals surface area contributed by atoms with Crippen molar-refractivity contribution in [3.63, 3.8) is 0 Å². The largest absolute Gasteiger partial charge is 0.504 e. The van der Waals surface area contributed by atoms with Crippen LogP contribution >= 0.6 is 27.5 Å². The van der Waals surface area contributed by atoms with Gasteiger partial charge < -0.3 is 9.84 Å². The summed E-state index contributed by atoms with van der Waals surface area (Å²) in [4.78, 5) is 61.2. The van der Waals surface area contributed by atoms with Crippen molar-refractivity contribution in [3.05, 3.63) is 129 Å². The minimum Gasteiger partial charge on any atom is -0.504 e. The van der Waals surface area contributed by atoms with Gasteiger partial charge in [-0.25, -0.2) is 4.90 Å². The normalized spacial score (nSPS) is 27.2. The van der Waals surface area contributed by atoms with Crippen LogP contribution in [0.25, 0.3) is 0 Å². The predicted molar refractivity (Wildman–Crippen MR) is 192 cm³/mol. The van der Waals surface area contributed by atoms with Crippen molar-refractivity contribution in [1.82, 2.24) is 0 Å². The van der Waals surface area contributed by atoms with Gasteiger partial charge in [0, 0.05) is 21.0 Å². The first-order valence-corrected chi connectivity index (χ1v) is 17.8. The summed E-state index contributed by atoms with van der Waals surface area (Å²) in [5.74, 6) is -5.15. The van der Waals surface area contributed by atoms with Gasteiger partial charge in [0.25, 0.3) is 0 Å². The number of halogens is 2. The van der Waals surface area contributed by atoms with Gasteiger partial charge in [-0.1, -0.05) is 87.7 Å². The van der Waals surface area contributed by atoms with Crippen molar-refractivity contribution in [2.45, 2.75) is 31.1 Å². The molecule has 2 heterocycles. The third-order valence-electron chi connectivity index (χ3n) is 10.9. The van der Waals surface area contributed by atoms with E-state index < -0.39 is 46.8 Å². The number of hydrogen-bond donors (Lipinski definition) is 1. The molecule has 50 heavy (non-hydrogen) atoms. The first-order valence-electron chi connectivity index (χ1n) is 16.7. The molecule has 0 bridgehead atoms. The molecule has 2 aliphatic heterocycles. The van der Waals surface area contributed by atoms with E-state index in [1.165, 1.54) is 9.80 Å². The molecule has 1 N–H and O–H groups in total. The monoisotopic (exact) mass is 750 g/mol. The Kier molecular flexibility index (Phi) is 7.95. The molecule has 3 fully saturated rings. The number of benzene rings is 4. The number of imide groups is 2. The molecule has 4 amide bonds. The van der Waals surface area contributed by atoms with Crippen molar-refractivity contribution >= 4 is 62.5 Å². The molecule has 2 saturated heterocycles. The highest BCUT2D eigenvalue weighted by Gasteiger charge is 2.70. The van der Waals surface area contributed by atoms with Crippen LogP contribution in [0.5, 0.6) is 11.5 Å². The predicted octanol–water partition coefficient (Wildman–Crippen LogP) is 7.57. The second-order valence-corrected chi connectivity index (χ2v) is 14.6. The summed E-state index contributed by atoms with van der Waals surface area (Å²) in [7, 11) is 0. The molecule has 1 saturated carbocycles. The fourth-order valence-electron chi connectivity index (χ4n) is 8.98. The lowest BCUT2D eigenvalue weighted by Gasteiger charge is -2.50. The van der Waals surface area contributed by atoms with Crippen LogP contribution in [0.4, 0.5) is 11.4 Å². The Morgan fingerprint density at radius 1 is 0.840 bits per heavy atom. The molecule has 0 spiro atoms. The minimum absolute atomic E-state index is 0.135. The fourth-order valence-corrected chi connectivity index (χ4v) is 9.43. The maximum atomic E-state index is 15.4. The number of ether oxygens (including phenoxy) is 1. The van der Waals surface area contributed by atoms with E-state index in [4.69, 9.17) is 16.3 Å².